The van der Waals surface area contributed by atoms with Gasteiger partial charge in [0.15, 0.2) is 6.04 Å². The van der Waals surface area contributed by atoms with Gasteiger partial charge in [0.25, 0.3) is 0 Å². The Morgan fingerprint density at radius 2 is 1.43 bits per heavy atom. The standard InChI is InChI=1S/C28H30N2O5/c1-28(2,3)35-27(31)26(24(19-30(32)33)20-15-17-23(34-4)18-16-20)29-25(21-11-7-5-8-12-21)22-13-9-6-10-14-22/h5-18,24,26H,19H2,1-4H3/t24-,26+/m0/s1. The van der Waals surface area contributed by atoms with E-state index in [4.69, 9.17) is 14.5 Å². The van der Waals surface area contributed by atoms with Gasteiger partial charge in [0, 0.05) is 16.1 Å². The van der Waals surface area contributed by atoms with Gasteiger partial charge in [-0.2, -0.15) is 0 Å². The largest absolute Gasteiger partial charge is 0.497 e. The molecule has 0 saturated heterocycles. The predicted octanol–water partition coefficient (Wildman–Crippen LogP) is 5.30. The van der Waals surface area contributed by atoms with Crippen molar-refractivity contribution in [3.63, 3.8) is 0 Å². The average molecular weight is 475 g/mol. The summed E-state index contributed by atoms with van der Waals surface area (Å²) < 4.78 is 10.9. The summed E-state index contributed by atoms with van der Waals surface area (Å²) >= 11 is 0. The molecule has 35 heavy (non-hydrogen) atoms. The van der Waals surface area contributed by atoms with Crippen LogP contribution in [0.1, 0.15) is 43.4 Å². The lowest BCUT2D eigenvalue weighted by atomic mass is 9.90. The van der Waals surface area contributed by atoms with Crippen molar-refractivity contribution in [1.82, 2.24) is 0 Å². The molecule has 7 nitrogen and oxygen atoms in total. The van der Waals surface area contributed by atoms with E-state index in [0.29, 0.717) is 17.0 Å². The number of ether oxygens (including phenoxy) is 2. The molecule has 182 valence electrons. The van der Waals surface area contributed by atoms with Crippen LogP contribution in [0.25, 0.3) is 0 Å². The summed E-state index contributed by atoms with van der Waals surface area (Å²) in [6.45, 7) is 4.79. The van der Waals surface area contributed by atoms with Crippen LogP contribution in [0.4, 0.5) is 0 Å². The van der Waals surface area contributed by atoms with Crippen LogP contribution in [0.2, 0.25) is 0 Å². The molecule has 0 N–H and O–H groups in total. The summed E-state index contributed by atoms with van der Waals surface area (Å²) in [4.78, 5) is 29.7. The first kappa shape index (κ1) is 25.6. The topological polar surface area (TPSA) is 91.0 Å². The van der Waals surface area contributed by atoms with Crippen molar-refractivity contribution in [1.29, 1.82) is 0 Å². The number of nitro groups is 1. The fraction of sp³-hybridized carbons (Fsp3) is 0.286. The third kappa shape index (κ3) is 7.24. The molecule has 2 atom stereocenters. The SMILES string of the molecule is COc1ccc([C@H](C[N+](=O)[O-])[C@@H](N=C(c2ccccc2)c2ccccc2)C(=O)OC(C)(C)C)cc1. The first-order valence-corrected chi connectivity index (χ1v) is 11.3. The van der Waals surface area contributed by atoms with Crippen LogP contribution in [-0.4, -0.2) is 41.9 Å². The molecule has 0 bridgehead atoms. The van der Waals surface area contributed by atoms with Crippen LogP contribution < -0.4 is 4.74 Å². The second-order valence-electron chi connectivity index (χ2n) is 9.08. The molecule has 3 aromatic carbocycles. The lowest BCUT2D eigenvalue weighted by Crippen LogP contribution is -2.37. The summed E-state index contributed by atoms with van der Waals surface area (Å²) in [6.07, 6.45) is 0. The van der Waals surface area contributed by atoms with Crippen molar-refractivity contribution < 1.29 is 19.2 Å². The molecule has 3 rings (SSSR count). The number of hydrogen-bond acceptors (Lipinski definition) is 6. The second-order valence-corrected chi connectivity index (χ2v) is 9.08. The van der Waals surface area contributed by atoms with E-state index < -0.39 is 35.0 Å². The van der Waals surface area contributed by atoms with Crippen LogP contribution >= 0.6 is 0 Å². The van der Waals surface area contributed by atoms with Crippen molar-refractivity contribution in [2.75, 3.05) is 13.7 Å². The number of aliphatic imine (C=N–C) groups is 1. The van der Waals surface area contributed by atoms with E-state index in [2.05, 4.69) is 0 Å². The molecule has 0 amide bonds. The Morgan fingerprint density at radius 3 is 1.86 bits per heavy atom. The van der Waals surface area contributed by atoms with E-state index in [9.17, 15) is 14.9 Å². The van der Waals surface area contributed by atoms with Gasteiger partial charge in [-0.3, -0.25) is 15.1 Å². The zero-order valence-corrected chi connectivity index (χ0v) is 20.4. The molecular formula is C28H30N2O5. The highest BCUT2D eigenvalue weighted by molar-refractivity contribution is 6.13. The maximum atomic E-state index is 13.5. The molecule has 0 fully saturated rings. The number of methoxy groups -OCH3 is 1. The molecule has 0 spiro atoms. The predicted molar refractivity (Wildman–Crippen MR) is 136 cm³/mol. The van der Waals surface area contributed by atoms with E-state index in [1.54, 1.807) is 52.1 Å². The highest BCUT2D eigenvalue weighted by Gasteiger charge is 2.37. The monoisotopic (exact) mass is 474 g/mol. The molecule has 7 heteroatoms. The van der Waals surface area contributed by atoms with Gasteiger partial charge in [0.2, 0.25) is 6.54 Å². The summed E-state index contributed by atoms with van der Waals surface area (Å²) in [5.41, 5.74) is 1.96. The molecule has 0 radical (unpaired) electrons. The lowest BCUT2D eigenvalue weighted by molar-refractivity contribution is -0.483. The highest BCUT2D eigenvalue weighted by Crippen LogP contribution is 2.28. The van der Waals surface area contributed by atoms with Gasteiger partial charge in [-0.15, -0.1) is 0 Å². The van der Waals surface area contributed by atoms with Crippen LogP contribution in [0.5, 0.6) is 5.75 Å². The molecule has 3 aromatic rings. The number of carbonyl (C=O) groups excluding carboxylic acids is 1. The molecule has 0 aliphatic heterocycles. The lowest BCUT2D eigenvalue weighted by Gasteiger charge is -2.26. The first-order valence-electron chi connectivity index (χ1n) is 11.3. The summed E-state index contributed by atoms with van der Waals surface area (Å²) in [5.74, 6) is -0.863. The molecule has 0 saturated carbocycles. The quantitative estimate of drug-likeness (QED) is 0.182. The molecule has 0 aromatic heterocycles. The molecule has 0 unspecified atom stereocenters. The Labute approximate surface area is 205 Å². The molecular weight excluding hydrogens is 444 g/mol. The van der Waals surface area contributed by atoms with Crippen molar-refractivity contribution in [3.05, 3.63) is 112 Å². The minimum absolute atomic E-state index is 0.424. The van der Waals surface area contributed by atoms with Crippen LogP contribution in [0.15, 0.2) is 89.9 Å². The number of benzene rings is 3. The zero-order valence-electron chi connectivity index (χ0n) is 20.4. The van der Waals surface area contributed by atoms with Crippen LogP contribution in [-0.2, 0) is 9.53 Å². The third-order valence-corrected chi connectivity index (χ3v) is 5.28. The smallest absolute Gasteiger partial charge is 0.332 e. The van der Waals surface area contributed by atoms with Gasteiger partial charge in [0.1, 0.15) is 11.4 Å². The Kier molecular flexibility index (Phi) is 8.36. The van der Waals surface area contributed by atoms with Crippen molar-refractivity contribution in [2.45, 2.75) is 38.3 Å². The maximum absolute atomic E-state index is 13.5. The summed E-state index contributed by atoms with van der Waals surface area (Å²) in [6, 6.07) is 24.6. The minimum Gasteiger partial charge on any atom is -0.497 e. The van der Waals surface area contributed by atoms with Gasteiger partial charge in [-0.05, 0) is 38.5 Å². The second kappa shape index (κ2) is 11.4. The van der Waals surface area contributed by atoms with Crippen LogP contribution in [0.3, 0.4) is 0 Å². The van der Waals surface area contributed by atoms with Crippen LogP contribution in [0, 0.1) is 10.1 Å². The van der Waals surface area contributed by atoms with Gasteiger partial charge in [-0.25, -0.2) is 4.79 Å². The van der Waals surface area contributed by atoms with Gasteiger partial charge in [-0.1, -0.05) is 72.8 Å². The Morgan fingerprint density at radius 1 is 0.914 bits per heavy atom. The first-order chi connectivity index (χ1) is 16.7. The number of esters is 1. The Bertz CT molecular complexity index is 1110. The van der Waals surface area contributed by atoms with Gasteiger partial charge in [0.05, 0.1) is 18.7 Å². The average Bonchev–Trinajstić information content (AvgIpc) is 2.83. The normalized spacial score (nSPS) is 12.8. The number of hydrogen-bond donors (Lipinski definition) is 0. The number of rotatable bonds is 9. The molecule has 0 heterocycles. The van der Waals surface area contributed by atoms with E-state index in [1.165, 1.54) is 0 Å². The van der Waals surface area contributed by atoms with E-state index >= 15 is 0 Å². The minimum atomic E-state index is -1.15. The number of carbonyl (C=O) groups is 1. The third-order valence-electron chi connectivity index (χ3n) is 5.28. The highest BCUT2D eigenvalue weighted by atomic mass is 16.6. The van der Waals surface area contributed by atoms with Crippen molar-refractivity contribution >= 4 is 11.7 Å². The fourth-order valence-electron chi connectivity index (χ4n) is 3.72. The van der Waals surface area contributed by atoms with Gasteiger partial charge >= 0.3 is 5.97 Å². The molecule has 0 aliphatic carbocycles. The fourth-order valence-corrected chi connectivity index (χ4v) is 3.72. The Hall–Kier alpha value is -4.00. The number of nitrogens with zero attached hydrogens (tertiary/aromatic N) is 2. The van der Waals surface area contributed by atoms with E-state index in [-0.39, 0.29) is 0 Å². The van der Waals surface area contributed by atoms with Crippen molar-refractivity contribution in [2.24, 2.45) is 4.99 Å². The maximum Gasteiger partial charge on any atom is 0.332 e. The van der Waals surface area contributed by atoms with Gasteiger partial charge < -0.3 is 9.47 Å². The van der Waals surface area contributed by atoms with Crippen molar-refractivity contribution in [3.8, 4) is 5.75 Å². The molecule has 0 aliphatic rings. The summed E-state index contributed by atoms with van der Waals surface area (Å²) in [7, 11) is 1.54. The van der Waals surface area contributed by atoms with E-state index in [0.717, 1.165) is 11.1 Å². The summed E-state index contributed by atoms with van der Waals surface area (Å²) in [5, 5.41) is 11.7. The zero-order chi connectivity index (χ0) is 25.4. The van der Waals surface area contributed by atoms with E-state index in [1.807, 2.05) is 60.7 Å². The Balaban J connectivity index is 2.21.